The second-order valence-electron chi connectivity index (χ2n) is 8.15. The van der Waals surface area contributed by atoms with Gasteiger partial charge in [0.25, 0.3) is 0 Å². The first kappa shape index (κ1) is 18.2. The summed E-state index contributed by atoms with van der Waals surface area (Å²) < 4.78 is 2.08. The molecule has 2 aliphatic heterocycles. The van der Waals surface area contributed by atoms with Crippen molar-refractivity contribution in [3.63, 3.8) is 0 Å². The highest BCUT2D eigenvalue weighted by Gasteiger charge is 2.46. The van der Waals surface area contributed by atoms with Crippen molar-refractivity contribution in [3.8, 4) is 0 Å². The van der Waals surface area contributed by atoms with Crippen LogP contribution in [0.5, 0.6) is 0 Å². The zero-order valence-electron chi connectivity index (χ0n) is 16.4. The summed E-state index contributed by atoms with van der Waals surface area (Å²) in [6.45, 7) is 6.45. The fourth-order valence-electron chi connectivity index (χ4n) is 4.56. The number of hydrogen-bond acceptors (Lipinski definition) is 4. The van der Waals surface area contributed by atoms with Crippen LogP contribution in [-0.2, 0) is 24.9 Å². The maximum atomic E-state index is 13.3. The molecule has 1 atom stereocenters. The van der Waals surface area contributed by atoms with Crippen LogP contribution in [0.2, 0.25) is 0 Å². The summed E-state index contributed by atoms with van der Waals surface area (Å²) in [6, 6.07) is 6.04. The number of carbonyl (C=O) groups is 1. The van der Waals surface area contributed by atoms with Crippen LogP contribution in [0, 0.1) is 12.3 Å². The Morgan fingerprint density at radius 2 is 1.96 bits per heavy atom. The van der Waals surface area contributed by atoms with Gasteiger partial charge < -0.3 is 9.47 Å². The van der Waals surface area contributed by atoms with Crippen LogP contribution in [0.1, 0.15) is 42.8 Å². The zero-order valence-corrected chi connectivity index (χ0v) is 16.4. The molecule has 0 saturated carbocycles. The Hall–Kier alpha value is -2.21. The van der Waals surface area contributed by atoms with E-state index in [-0.39, 0.29) is 5.41 Å². The minimum atomic E-state index is -0.162. The average Bonchev–Trinajstić information content (AvgIpc) is 3.09. The van der Waals surface area contributed by atoms with E-state index in [0.717, 1.165) is 63.3 Å². The fraction of sp³-hybridized carbons (Fsp3) is 0.571. The van der Waals surface area contributed by atoms with Crippen LogP contribution in [0.25, 0.3) is 0 Å². The standard InChI is InChI=1S/C21H29N5O/c1-17-5-3-6-18(23-17)14-26-12-9-21(20(26)27)7-4-10-25(11-8-21)15-19-13-22-16-24(19)2/h3,5-6,13,16H,4,7-12,14-15H2,1-2H3/t21-/m0/s1. The first-order valence-electron chi connectivity index (χ1n) is 9.95. The van der Waals surface area contributed by atoms with Crippen LogP contribution in [0.4, 0.5) is 0 Å². The van der Waals surface area contributed by atoms with Gasteiger partial charge in [-0.05, 0) is 57.8 Å². The molecule has 0 aromatic carbocycles. The van der Waals surface area contributed by atoms with E-state index in [9.17, 15) is 4.79 Å². The van der Waals surface area contributed by atoms with Gasteiger partial charge in [0.15, 0.2) is 0 Å². The van der Waals surface area contributed by atoms with Gasteiger partial charge in [0, 0.05) is 32.0 Å². The van der Waals surface area contributed by atoms with E-state index in [1.54, 1.807) is 0 Å². The van der Waals surface area contributed by atoms with Crippen LogP contribution in [0.3, 0.4) is 0 Å². The molecule has 4 heterocycles. The molecule has 0 bridgehead atoms. The van der Waals surface area contributed by atoms with Crippen molar-refractivity contribution in [1.29, 1.82) is 0 Å². The van der Waals surface area contributed by atoms with Crippen molar-refractivity contribution in [2.75, 3.05) is 19.6 Å². The summed E-state index contributed by atoms with van der Waals surface area (Å²) in [4.78, 5) is 26.6. The lowest BCUT2D eigenvalue weighted by atomic mass is 9.79. The van der Waals surface area contributed by atoms with Gasteiger partial charge >= 0.3 is 0 Å². The van der Waals surface area contributed by atoms with E-state index in [0.29, 0.717) is 12.5 Å². The van der Waals surface area contributed by atoms with Crippen molar-refractivity contribution in [1.82, 2.24) is 24.3 Å². The molecule has 1 spiro atoms. The average molecular weight is 367 g/mol. The second kappa shape index (κ2) is 7.43. The van der Waals surface area contributed by atoms with E-state index in [2.05, 4.69) is 19.4 Å². The van der Waals surface area contributed by atoms with Crippen molar-refractivity contribution in [2.24, 2.45) is 12.5 Å². The first-order valence-corrected chi connectivity index (χ1v) is 9.95. The molecule has 0 radical (unpaired) electrons. The Balaban J connectivity index is 1.40. The summed E-state index contributed by atoms with van der Waals surface area (Å²) in [5.74, 6) is 0.341. The molecule has 0 aliphatic carbocycles. The third kappa shape index (κ3) is 3.76. The molecule has 4 rings (SSSR count). The number of aromatic nitrogens is 3. The number of amides is 1. The van der Waals surface area contributed by atoms with Crippen molar-refractivity contribution in [2.45, 2.75) is 45.7 Å². The second-order valence-corrected chi connectivity index (χ2v) is 8.15. The maximum Gasteiger partial charge on any atom is 0.229 e. The highest BCUT2D eigenvalue weighted by molar-refractivity contribution is 5.84. The molecule has 27 heavy (non-hydrogen) atoms. The molecule has 2 saturated heterocycles. The summed E-state index contributed by atoms with van der Waals surface area (Å²) in [7, 11) is 2.04. The molecule has 2 aromatic heterocycles. The molecule has 1 amide bonds. The van der Waals surface area contributed by atoms with E-state index < -0.39 is 0 Å². The summed E-state index contributed by atoms with van der Waals surface area (Å²) >= 11 is 0. The van der Waals surface area contributed by atoms with Crippen LogP contribution in [-0.4, -0.2) is 49.9 Å². The zero-order chi connectivity index (χ0) is 18.9. The van der Waals surface area contributed by atoms with E-state index in [4.69, 9.17) is 0 Å². The predicted octanol–water partition coefficient (Wildman–Crippen LogP) is 2.53. The fourth-order valence-corrected chi connectivity index (χ4v) is 4.56. The monoisotopic (exact) mass is 367 g/mol. The SMILES string of the molecule is Cc1cccc(CN2CC[C@@]3(CCCN(Cc4cncn4C)CC3)C2=O)n1. The van der Waals surface area contributed by atoms with Crippen molar-refractivity contribution in [3.05, 3.63) is 47.8 Å². The Morgan fingerprint density at radius 1 is 1.11 bits per heavy atom. The maximum absolute atomic E-state index is 13.3. The lowest BCUT2D eigenvalue weighted by Crippen LogP contribution is -2.35. The number of carbonyl (C=O) groups excluding carboxylic acids is 1. The number of pyridine rings is 1. The Bertz CT molecular complexity index is 816. The third-order valence-electron chi connectivity index (χ3n) is 6.24. The minimum absolute atomic E-state index is 0.162. The van der Waals surface area contributed by atoms with E-state index in [1.807, 2.05) is 49.6 Å². The molecule has 0 unspecified atom stereocenters. The van der Waals surface area contributed by atoms with Gasteiger partial charge in [0.2, 0.25) is 5.91 Å². The van der Waals surface area contributed by atoms with Gasteiger partial charge in [-0.2, -0.15) is 0 Å². The minimum Gasteiger partial charge on any atom is -0.337 e. The molecular formula is C21H29N5O. The molecule has 6 nitrogen and oxygen atoms in total. The number of aryl methyl sites for hydroxylation is 2. The lowest BCUT2D eigenvalue weighted by Gasteiger charge is -2.26. The molecule has 0 N–H and O–H groups in total. The molecule has 144 valence electrons. The Kier molecular flexibility index (Phi) is 5.00. The largest absolute Gasteiger partial charge is 0.337 e. The Morgan fingerprint density at radius 3 is 2.74 bits per heavy atom. The van der Waals surface area contributed by atoms with Gasteiger partial charge in [-0.25, -0.2) is 4.98 Å². The quantitative estimate of drug-likeness (QED) is 0.833. The van der Waals surface area contributed by atoms with E-state index in [1.165, 1.54) is 5.69 Å². The number of hydrogen-bond donors (Lipinski definition) is 0. The van der Waals surface area contributed by atoms with Crippen LogP contribution in [0.15, 0.2) is 30.7 Å². The summed E-state index contributed by atoms with van der Waals surface area (Å²) in [5, 5.41) is 0. The van der Waals surface area contributed by atoms with Gasteiger partial charge in [-0.15, -0.1) is 0 Å². The van der Waals surface area contributed by atoms with Crippen LogP contribution < -0.4 is 0 Å². The summed E-state index contributed by atoms with van der Waals surface area (Å²) in [5.41, 5.74) is 3.07. The van der Waals surface area contributed by atoms with Gasteiger partial charge in [0.1, 0.15) is 0 Å². The smallest absolute Gasteiger partial charge is 0.229 e. The van der Waals surface area contributed by atoms with Gasteiger partial charge in [0.05, 0.1) is 29.7 Å². The predicted molar refractivity (Wildman–Crippen MR) is 104 cm³/mol. The molecule has 6 heteroatoms. The Labute approximate surface area is 161 Å². The number of likely N-dealkylation sites (tertiary alicyclic amines) is 2. The molecule has 2 fully saturated rings. The summed E-state index contributed by atoms with van der Waals surface area (Å²) in [6.07, 6.45) is 7.83. The van der Waals surface area contributed by atoms with Gasteiger partial charge in [-0.1, -0.05) is 6.07 Å². The highest BCUT2D eigenvalue weighted by atomic mass is 16.2. The van der Waals surface area contributed by atoms with E-state index >= 15 is 0 Å². The molecular weight excluding hydrogens is 338 g/mol. The molecule has 2 aromatic rings. The number of imidazole rings is 1. The normalized spacial score (nSPS) is 23.9. The van der Waals surface area contributed by atoms with Crippen molar-refractivity contribution < 1.29 is 4.79 Å². The third-order valence-corrected chi connectivity index (χ3v) is 6.24. The lowest BCUT2D eigenvalue weighted by molar-refractivity contribution is -0.137. The molecule has 2 aliphatic rings. The first-order chi connectivity index (χ1) is 13.1. The highest BCUT2D eigenvalue weighted by Crippen LogP contribution is 2.42. The van der Waals surface area contributed by atoms with Crippen molar-refractivity contribution >= 4 is 5.91 Å². The number of nitrogens with zero attached hydrogens (tertiary/aromatic N) is 5. The van der Waals surface area contributed by atoms with Crippen LogP contribution >= 0.6 is 0 Å². The van der Waals surface area contributed by atoms with Gasteiger partial charge in [-0.3, -0.25) is 14.7 Å². The topological polar surface area (TPSA) is 54.3 Å². The number of rotatable bonds is 4.